The molecule has 3 aromatic rings. The molecule has 2 heterocycles. The molecule has 162 valence electrons. The Morgan fingerprint density at radius 1 is 1.23 bits per heavy atom. The second kappa shape index (κ2) is 8.01. The predicted molar refractivity (Wildman–Crippen MR) is 100.0 cm³/mol. The van der Waals surface area contributed by atoms with Crippen LogP contribution in [0.5, 0.6) is 0 Å². The summed E-state index contributed by atoms with van der Waals surface area (Å²) in [5.74, 6) is -1.16. The van der Waals surface area contributed by atoms with Crippen molar-refractivity contribution in [3.63, 3.8) is 0 Å². The Kier molecular flexibility index (Phi) is 5.94. The Bertz CT molecular complexity index is 1030. The number of benzene rings is 1. The Hall–Kier alpha value is -2.43. The van der Waals surface area contributed by atoms with E-state index >= 15 is 0 Å². The molecule has 30 heavy (non-hydrogen) atoms. The molecule has 6 nitrogen and oxygen atoms in total. The number of hydrogen-bond donors (Lipinski definition) is 2. The standard InChI is InChI=1S/C19H18ClF4N3O3/c1-18(2,29)6-7-27-17(19(22,23)24)10(8-25-27)16-11(9-28)15(26-30-16)14-12(20)4-3-5-13(14)21/h3-5,8,28-29H,6-7,9H2,1-2H3. The van der Waals surface area contributed by atoms with Gasteiger partial charge in [0.05, 0.1) is 40.1 Å². The number of aromatic nitrogens is 3. The SMILES string of the molecule is CC(C)(O)CCn1ncc(-c2onc(-c3c(F)cccc3Cl)c2CO)c1C(F)(F)F. The number of alkyl halides is 3. The second-order valence-corrected chi connectivity index (χ2v) is 7.69. The predicted octanol–water partition coefficient (Wildman–Crippen LogP) is 4.67. The Morgan fingerprint density at radius 3 is 2.50 bits per heavy atom. The number of aliphatic hydroxyl groups excluding tert-OH is 1. The average molecular weight is 448 g/mol. The van der Waals surface area contributed by atoms with E-state index in [1.165, 1.54) is 26.0 Å². The summed E-state index contributed by atoms with van der Waals surface area (Å²) in [6, 6.07) is 3.84. The highest BCUT2D eigenvalue weighted by molar-refractivity contribution is 6.33. The fourth-order valence-corrected chi connectivity index (χ4v) is 3.24. The van der Waals surface area contributed by atoms with Crippen molar-refractivity contribution >= 4 is 11.6 Å². The molecule has 0 saturated heterocycles. The minimum absolute atomic E-state index is 0.0105. The second-order valence-electron chi connectivity index (χ2n) is 7.28. The maximum Gasteiger partial charge on any atom is 0.433 e. The van der Waals surface area contributed by atoms with E-state index in [2.05, 4.69) is 10.3 Å². The summed E-state index contributed by atoms with van der Waals surface area (Å²) in [4.78, 5) is 0. The van der Waals surface area contributed by atoms with Crippen molar-refractivity contribution in [2.45, 2.75) is 45.2 Å². The first kappa shape index (κ1) is 22.3. The van der Waals surface area contributed by atoms with Crippen LogP contribution in [0.15, 0.2) is 28.9 Å². The number of halogens is 5. The number of rotatable bonds is 6. The molecule has 0 unspecified atom stereocenters. The third-order valence-electron chi connectivity index (χ3n) is 4.43. The summed E-state index contributed by atoms with van der Waals surface area (Å²) < 4.78 is 61.5. The zero-order valence-corrected chi connectivity index (χ0v) is 16.7. The normalized spacial score (nSPS) is 12.6. The molecule has 0 atom stereocenters. The summed E-state index contributed by atoms with van der Waals surface area (Å²) in [6.07, 6.45) is -3.88. The maximum absolute atomic E-state index is 14.3. The highest BCUT2D eigenvalue weighted by Crippen LogP contribution is 2.42. The van der Waals surface area contributed by atoms with E-state index in [9.17, 15) is 27.8 Å². The van der Waals surface area contributed by atoms with Gasteiger partial charge in [-0.3, -0.25) is 4.68 Å². The molecule has 0 bridgehead atoms. The number of aryl methyl sites for hydroxylation is 1. The first-order chi connectivity index (χ1) is 13.9. The summed E-state index contributed by atoms with van der Waals surface area (Å²) in [5, 5.41) is 27.0. The van der Waals surface area contributed by atoms with Gasteiger partial charge in [-0.2, -0.15) is 18.3 Å². The largest absolute Gasteiger partial charge is 0.433 e. The molecule has 0 aliphatic carbocycles. The van der Waals surface area contributed by atoms with Gasteiger partial charge in [-0.25, -0.2) is 4.39 Å². The highest BCUT2D eigenvalue weighted by atomic mass is 35.5. The van der Waals surface area contributed by atoms with Crippen LogP contribution >= 0.6 is 11.6 Å². The first-order valence-electron chi connectivity index (χ1n) is 8.83. The van der Waals surface area contributed by atoms with Crippen LogP contribution in [0.25, 0.3) is 22.6 Å². The van der Waals surface area contributed by atoms with Crippen LogP contribution in [0, 0.1) is 5.82 Å². The number of aliphatic hydroxyl groups is 2. The zero-order valence-electron chi connectivity index (χ0n) is 16.0. The summed E-state index contributed by atoms with van der Waals surface area (Å²) in [6.45, 7) is 1.95. The molecule has 0 aliphatic heterocycles. The molecule has 0 radical (unpaired) electrons. The lowest BCUT2D eigenvalue weighted by atomic mass is 10.0. The Balaban J connectivity index is 2.15. The smallest absolute Gasteiger partial charge is 0.391 e. The van der Waals surface area contributed by atoms with E-state index in [1.807, 2.05) is 0 Å². The topological polar surface area (TPSA) is 84.3 Å². The van der Waals surface area contributed by atoms with Crippen LogP contribution in [-0.2, 0) is 19.3 Å². The van der Waals surface area contributed by atoms with Gasteiger partial charge in [-0.15, -0.1) is 0 Å². The van der Waals surface area contributed by atoms with Crippen LogP contribution in [0.3, 0.4) is 0 Å². The van der Waals surface area contributed by atoms with Gasteiger partial charge in [0.25, 0.3) is 0 Å². The van der Waals surface area contributed by atoms with Gasteiger partial charge in [0, 0.05) is 6.54 Å². The molecule has 3 rings (SSSR count). The molecule has 0 fully saturated rings. The van der Waals surface area contributed by atoms with Crippen LogP contribution in [0.1, 0.15) is 31.5 Å². The first-order valence-corrected chi connectivity index (χ1v) is 9.21. The van der Waals surface area contributed by atoms with Crippen LogP contribution in [0.4, 0.5) is 17.6 Å². The van der Waals surface area contributed by atoms with Gasteiger partial charge in [-0.05, 0) is 32.4 Å². The average Bonchev–Trinajstić information content (AvgIpc) is 3.22. The van der Waals surface area contributed by atoms with E-state index < -0.39 is 41.2 Å². The van der Waals surface area contributed by atoms with Gasteiger partial charge in [-0.1, -0.05) is 22.8 Å². The van der Waals surface area contributed by atoms with E-state index in [4.69, 9.17) is 16.1 Å². The molecular weight excluding hydrogens is 430 g/mol. The molecule has 2 N–H and O–H groups in total. The summed E-state index contributed by atoms with van der Waals surface area (Å²) in [5.41, 5.74) is -3.35. The van der Waals surface area contributed by atoms with Crippen molar-refractivity contribution in [1.29, 1.82) is 0 Å². The lowest BCUT2D eigenvalue weighted by Crippen LogP contribution is -2.24. The Morgan fingerprint density at radius 2 is 1.93 bits per heavy atom. The monoisotopic (exact) mass is 447 g/mol. The van der Waals surface area contributed by atoms with Crippen LogP contribution in [-0.4, -0.2) is 30.8 Å². The van der Waals surface area contributed by atoms with Crippen molar-refractivity contribution in [3.05, 3.63) is 46.5 Å². The molecule has 0 saturated carbocycles. The van der Waals surface area contributed by atoms with Gasteiger partial charge in [0.1, 0.15) is 11.5 Å². The van der Waals surface area contributed by atoms with E-state index in [0.29, 0.717) is 4.68 Å². The summed E-state index contributed by atoms with van der Waals surface area (Å²) >= 11 is 6.02. The van der Waals surface area contributed by atoms with E-state index in [-0.39, 0.29) is 34.8 Å². The highest BCUT2D eigenvalue weighted by Gasteiger charge is 2.40. The summed E-state index contributed by atoms with van der Waals surface area (Å²) in [7, 11) is 0. The fraction of sp³-hybridized carbons (Fsp3) is 0.368. The van der Waals surface area contributed by atoms with Crippen molar-refractivity contribution in [2.24, 2.45) is 0 Å². The zero-order chi connectivity index (χ0) is 22.3. The van der Waals surface area contributed by atoms with Gasteiger partial charge in [0.15, 0.2) is 11.5 Å². The number of nitrogens with zero attached hydrogens (tertiary/aromatic N) is 3. The third kappa shape index (κ3) is 4.35. The van der Waals surface area contributed by atoms with Gasteiger partial charge < -0.3 is 14.7 Å². The van der Waals surface area contributed by atoms with Crippen molar-refractivity contribution < 1.29 is 32.3 Å². The van der Waals surface area contributed by atoms with E-state index in [0.717, 1.165) is 12.3 Å². The lowest BCUT2D eigenvalue weighted by molar-refractivity contribution is -0.144. The van der Waals surface area contributed by atoms with Crippen LogP contribution < -0.4 is 0 Å². The Labute approximate surface area is 173 Å². The molecule has 11 heteroatoms. The fourth-order valence-electron chi connectivity index (χ4n) is 2.99. The van der Waals surface area contributed by atoms with Gasteiger partial charge >= 0.3 is 6.18 Å². The molecule has 0 spiro atoms. The quantitative estimate of drug-likeness (QED) is 0.536. The molecule has 0 aliphatic rings. The molecule has 2 aromatic heterocycles. The minimum Gasteiger partial charge on any atom is -0.391 e. The van der Waals surface area contributed by atoms with Crippen molar-refractivity contribution in [2.75, 3.05) is 0 Å². The third-order valence-corrected chi connectivity index (χ3v) is 4.75. The van der Waals surface area contributed by atoms with Crippen molar-refractivity contribution in [3.8, 4) is 22.6 Å². The lowest BCUT2D eigenvalue weighted by Gasteiger charge is -2.18. The van der Waals surface area contributed by atoms with Crippen molar-refractivity contribution in [1.82, 2.24) is 14.9 Å². The number of hydrogen-bond acceptors (Lipinski definition) is 5. The van der Waals surface area contributed by atoms with E-state index in [1.54, 1.807) is 0 Å². The maximum atomic E-state index is 14.3. The van der Waals surface area contributed by atoms with Gasteiger partial charge in [0.2, 0.25) is 0 Å². The molecule has 0 amide bonds. The minimum atomic E-state index is -4.82. The molecule has 1 aromatic carbocycles. The molecular formula is C19H18ClF4N3O3. The van der Waals surface area contributed by atoms with Crippen LogP contribution in [0.2, 0.25) is 5.02 Å².